The Bertz CT molecular complexity index is 486. The number of amides is 1. The molecule has 104 valence electrons. The summed E-state index contributed by atoms with van der Waals surface area (Å²) >= 11 is 0. The minimum absolute atomic E-state index is 0.113. The summed E-state index contributed by atoms with van der Waals surface area (Å²) in [6.07, 6.45) is 0. The standard InChI is InChI=1S/C15H23N3O/c1-10-6-5-7-13(12(10)3)18-11(2)9-17(4)15(19)14(18)8-16/h5-7,11,14H,8-9,16H2,1-4H3. The molecule has 0 spiro atoms. The van der Waals surface area contributed by atoms with Gasteiger partial charge in [0.05, 0.1) is 0 Å². The average Bonchev–Trinajstić information content (AvgIpc) is 2.37. The summed E-state index contributed by atoms with van der Waals surface area (Å²) in [6.45, 7) is 7.43. The molecule has 19 heavy (non-hydrogen) atoms. The first-order valence-corrected chi connectivity index (χ1v) is 6.77. The number of aryl methyl sites for hydroxylation is 1. The summed E-state index contributed by atoms with van der Waals surface area (Å²) < 4.78 is 0. The van der Waals surface area contributed by atoms with Crippen molar-refractivity contribution in [2.75, 3.05) is 25.0 Å². The largest absolute Gasteiger partial charge is 0.354 e. The normalized spacial score (nSPS) is 23.9. The number of hydrogen-bond acceptors (Lipinski definition) is 3. The van der Waals surface area contributed by atoms with Crippen LogP contribution in [0.1, 0.15) is 18.1 Å². The molecule has 4 heteroatoms. The molecule has 2 N–H and O–H groups in total. The van der Waals surface area contributed by atoms with Crippen molar-refractivity contribution >= 4 is 11.6 Å². The Balaban J connectivity index is 2.46. The molecule has 0 aliphatic carbocycles. The van der Waals surface area contributed by atoms with Crippen LogP contribution in [0, 0.1) is 13.8 Å². The van der Waals surface area contributed by atoms with E-state index in [2.05, 4.69) is 37.8 Å². The van der Waals surface area contributed by atoms with Crippen LogP contribution in [0.15, 0.2) is 18.2 Å². The Morgan fingerprint density at radius 1 is 1.37 bits per heavy atom. The fraction of sp³-hybridized carbons (Fsp3) is 0.533. The average molecular weight is 261 g/mol. The highest BCUT2D eigenvalue weighted by Crippen LogP contribution is 2.29. The van der Waals surface area contributed by atoms with E-state index in [1.807, 2.05) is 13.1 Å². The lowest BCUT2D eigenvalue weighted by Gasteiger charge is -2.45. The van der Waals surface area contributed by atoms with E-state index in [0.717, 1.165) is 12.2 Å². The van der Waals surface area contributed by atoms with E-state index in [1.165, 1.54) is 11.1 Å². The minimum atomic E-state index is -0.255. The van der Waals surface area contributed by atoms with Crippen molar-refractivity contribution in [2.45, 2.75) is 32.9 Å². The third-order valence-electron chi connectivity index (χ3n) is 4.09. The Morgan fingerprint density at radius 3 is 2.68 bits per heavy atom. The van der Waals surface area contributed by atoms with E-state index >= 15 is 0 Å². The number of likely N-dealkylation sites (N-methyl/N-ethyl adjacent to an activating group) is 1. The summed E-state index contributed by atoms with van der Waals surface area (Å²) in [5.41, 5.74) is 9.44. The van der Waals surface area contributed by atoms with Gasteiger partial charge in [-0.15, -0.1) is 0 Å². The molecule has 0 radical (unpaired) electrons. The lowest BCUT2D eigenvalue weighted by Crippen LogP contribution is -2.62. The lowest BCUT2D eigenvalue weighted by atomic mass is 10.0. The number of nitrogens with zero attached hydrogens (tertiary/aromatic N) is 2. The van der Waals surface area contributed by atoms with Crippen molar-refractivity contribution in [3.8, 4) is 0 Å². The van der Waals surface area contributed by atoms with Crippen LogP contribution < -0.4 is 10.6 Å². The summed E-state index contributed by atoms with van der Waals surface area (Å²) in [5, 5.41) is 0. The van der Waals surface area contributed by atoms with E-state index in [0.29, 0.717) is 6.54 Å². The second-order valence-electron chi connectivity index (χ2n) is 5.45. The minimum Gasteiger partial charge on any atom is -0.354 e. The number of hydrogen-bond donors (Lipinski definition) is 1. The molecule has 1 aromatic rings. The molecule has 1 aliphatic heterocycles. The fourth-order valence-corrected chi connectivity index (χ4v) is 2.89. The van der Waals surface area contributed by atoms with Gasteiger partial charge < -0.3 is 15.5 Å². The van der Waals surface area contributed by atoms with Gasteiger partial charge in [-0.1, -0.05) is 12.1 Å². The molecule has 0 saturated carbocycles. The van der Waals surface area contributed by atoms with E-state index in [-0.39, 0.29) is 18.0 Å². The molecule has 0 bridgehead atoms. The number of carbonyl (C=O) groups excluding carboxylic acids is 1. The highest BCUT2D eigenvalue weighted by Gasteiger charge is 2.37. The first kappa shape index (κ1) is 13.9. The monoisotopic (exact) mass is 261 g/mol. The maximum Gasteiger partial charge on any atom is 0.246 e. The Hall–Kier alpha value is -1.55. The molecule has 4 nitrogen and oxygen atoms in total. The van der Waals surface area contributed by atoms with Crippen molar-refractivity contribution in [3.05, 3.63) is 29.3 Å². The number of rotatable bonds is 2. The van der Waals surface area contributed by atoms with Crippen molar-refractivity contribution in [1.29, 1.82) is 0 Å². The topological polar surface area (TPSA) is 49.6 Å². The van der Waals surface area contributed by atoms with Crippen molar-refractivity contribution in [2.24, 2.45) is 5.73 Å². The maximum absolute atomic E-state index is 12.3. The Labute approximate surface area is 115 Å². The predicted octanol–water partition coefficient (Wildman–Crippen LogP) is 1.30. The Kier molecular flexibility index (Phi) is 3.80. The van der Waals surface area contributed by atoms with E-state index in [1.54, 1.807) is 4.90 Å². The molecule has 1 heterocycles. The van der Waals surface area contributed by atoms with Crippen molar-refractivity contribution in [1.82, 2.24) is 4.90 Å². The SMILES string of the molecule is Cc1cccc(N2C(C)CN(C)C(=O)C2CN)c1C. The number of anilines is 1. The van der Waals surface area contributed by atoms with Gasteiger partial charge in [0.15, 0.2) is 0 Å². The van der Waals surface area contributed by atoms with Gasteiger partial charge in [-0.05, 0) is 38.0 Å². The molecule has 1 amide bonds. The predicted molar refractivity (Wildman–Crippen MR) is 78.3 cm³/mol. The number of carbonyl (C=O) groups is 1. The summed E-state index contributed by atoms with van der Waals surface area (Å²) in [4.78, 5) is 16.3. The second kappa shape index (κ2) is 5.21. The molecule has 2 atom stereocenters. The molecule has 1 aliphatic rings. The van der Waals surface area contributed by atoms with Gasteiger partial charge in [-0.25, -0.2) is 0 Å². The van der Waals surface area contributed by atoms with Crippen LogP contribution in [0.4, 0.5) is 5.69 Å². The van der Waals surface area contributed by atoms with Gasteiger partial charge in [0.1, 0.15) is 6.04 Å². The zero-order valence-corrected chi connectivity index (χ0v) is 12.2. The van der Waals surface area contributed by atoms with Crippen LogP contribution in [0.5, 0.6) is 0 Å². The van der Waals surface area contributed by atoms with E-state index in [9.17, 15) is 4.79 Å². The summed E-state index contributed by atoms with van der Waals surface area (Å²) in [7, 11) is 1.85. The third kappa shape index (κ3) is 2.32. The molecule has 2 unspecified atom stereocenters. The molecule has 2 rings (SSSR count). The molecule has 0 aromatic heterocycles. The Morgan fingerprint density at radius 2 is 2.05 bits per heavy atom. The number of piperazine rings is 1. The van der Waals surface area contributed by atoms with Crippen LogP contribution in [-0.2, 0) is 4.79 Å². The van der Waals surface area contributed by atoms with E-state index < -0.39 is 0 Å². The van der Waals surface area contributed by atoms with Crippen LogP contribution >= 0.6 is 0 Å². The first-order chi connectivity index (χ1) is 8.97. The van der Waals surface area contributed by atoms with Gasteiger partial charge >= 0.3 is 0 Å². The summed E-state index contributed by atoms with van der Waals surface area (Å²) in [6, 6.07) is 6.24. The van der Waals surface area contributed by atoms with Gasteiger partial charge in [-0.3, -0.25) is 4.79 Å². The van der Waals surface area contributed by atoms with Gasteiger partial charge in [0.2, 0.25) is 5.91 Å². The molecule has 1 aromatic carbocycles. The zero-order valence-electron chi connectivity index (χ0n) is 12.2. The smallest absolute Gasteiger partial charge is 0.246 e. The number of nitrogens with two attached hydrogens (primary N) is 1. The molecule has 1 saturated heterocycles. The fourth-order valence-electron chi connectivity index (χ4n) is 2.89. The molecular formula is C15H23N3O. The lowest BCUT2D eigenvalue weighted by molar-refractivity contribution is -0.133. The van der Waals surface area contributed by atoms with Gasteiger partial charge in [0.25, 0.3) is 0 Å². The highest BCUT2D eigenvalue weighted by molar-refractivity contribution is 5.87. The zero-order chi connectivity index (χ0) is 14.2. The third-order valence-corrected chi connectivity index (χ3v) is 4.09. The van der Waals surface area contributed by atoms with Crippen LogP contribution in [0.25, 0.3) is 0 Å². The van der Waals surface area contributed by atoms with E-state index in [4.69, 9.17) is 5.73 Å². The van der Waals surface area contributed by atoms with Gasteiger partial charge in [-0.2, -0.15) is 0 Å². The molecule has 1 fully saturated rings. The van der Waals surface area contributed by atoms with Crippen LogP contribution in [-0.4, -0.2) is 43.0 Å². The highest BCUT2D eigenvalue weighted by atomic mass is 16.2. The summed E-state index contributed by atoms with van der Waals surface area (Å²) in [5.74, 6) is 0.113. The van der Waals surface area contributed by atoms with Crippen LogP contribution in [0.2, 0.25) is 0 Å². The van der Waals surface area contributed by atoms with Crippen molar-refractivity contribution < 1.29 is 4.79 Å². The first-order valence-electron chi connectivity index (χ1n) is 6.77. The van der Waals surface area contributed by atoms with Crippen LogP contribution in [0.3, 0.4) is 0 Å². The van der Waals surface area contributed by atoms with Gasteiger partial charge in [0, 0.05) is 31.9 Å². The van der Waals surface area contributed by atoms with Crippen molar-refractivity contribution in [3.63, 3.8) is 0 Å². The second-order valence-corrected chi connectivity index (χ2v) is 5.45. The molecular weight excluding hydrogens is 238 g/mol. The number of benzene rings is 1. The quantitative estimate of drug-likeness (QED) is 0.873. The maximum atomic E-state index is 12.3.